The fourth-order valence-corrected chi connectivity index (χ4v) is 1.47. The lowest BCUT2D eigenvalue weighted by atomic mass is 10.2. The van der Waals surface area contributed by atoms with Crippen molar-refractivity contribution < 1.29 is 19.1 Å². The molecule has 7 heteroatoms. The third-order valence-corrected chi connectivity index (χ3v) is 2.29. The number of carbonyl (C=O) groups excluding carboxylic acids is 2. The number of hydrogen-bond donors (Lipinski definition) is 2. The molecule has 0 fully saturated rings. The van der Waals surface area contributed by atoms with Crippen LogP contribution in [0.25, 0.3) is 0 Å². The standard InChI is InChI=1S/C16H31N3O4/c1-8-9-10-11-17-12(18-13(20)22-15(2,3)4)19-14(21)23-16(5,6)7/h8-11H2,1-7H3,(H2,17,18,19,20,21). The molecule has 0 aliphatic heterocycles. The first-order valence-electron chi connectivity index (χ1n) is 7.98. The average molecular weight is 329 g/mol. The second-order valence-electron chi connectivity index (χ2n) is 7.20. The summed E-state index contributed by atoms with van der Waals surface area (Å²) in [6.45, 7) is 13.2. The second-order valence-corrected chi connectivity index (χ2v) is 7.20. The quantitative estimate of drug-likeness (QED) is 0.467. The van der Waals surface area contributed by atoms with Crippen molar-refractivity contribution in [2.24, 2.45) is 4.99 Å². The first-order chi connectivity index (χ1) is 10.4. The number of unbranched alkanes of at least 4 members (excludes halogenated alkanes) is 2. The first-order valence-corrected chi connectivity index (χ1v) is 7.98. The van der Waals surface area contributed by atoms with E-state index in [9.17, 15) is 9.59 Å². The molecule has 134 valence electrons. The molecule has 7 nitrogen and oxygen atoms in total. The van der Waals surface area contributed by atoms with Crippen LogP contribution in [0.15, 0.2) is 4.99 Å². The number of carbonyl (C=O) groups is 2. The summed E-state index contributed by atoms with van der Waals surface area (Å²) in [7, 11) is 0. The van der Waals surface area contributed by atoms with Crippen molar-refractivity contribution in [3.63, 3.8) is 0 Å². The van der Waals surface area contributed by atoms with Gasteiger partial charge in [-0.25, -0.2) is 9.59 Å². The Bertz CT molecular complexity index is 420. The molecular weight excluding hydrogens is 298 g/mol. The molecule has 23 heavy (non-hydrogen) atoms. The lowest BCUT2D eigenvalue weighted by molar-refractivity contribution is 0.0560. The van der Waals surface area contributed by atoms with E-state index < -0.39 is 23.4 Å². The Morgan fingerprint density at radius 2 is 1.52 bits per heavy atom. The monoisotopic (exact) mass is 329 g/mol. The lowest BCUT2D eigenvalue weighted by Gasteiger charge is -2.21. The average Bonchev–Trinajstić information content (AvgIpc) is 2.29. The number of ether oxygens (including phenoxy) is 2. The Morgan fingerprint density at radius 3 is 2.00 bits per heavy atom. The molecule has 0 atom stereocenters. The zero-order valence-electron chi connectivity index (χ0n) is 15.4. The first kappa shape index (κ1) is 21.2. The molecule has 0 unspecified atom stereocenters. The van der Waals surface area contributed by atoms with Gasteiger partial charge in [0.05, 0.1) is 0 Å². The summed E-state index contributed by atoms with van der Waals surface area (Å²) in [5.74, 6) is 0.0320. The summed E-state index contributed by atoms with van der Waals surface area (Å²) < 4.78 is 10.3. The number of amides is 2. The predicted molar refractivity (Wildman–Crippen MR) is 90.6 cm³/mol. The maximum absolute atomic E-state index is 11.8. The summed E-state index contributed by atoms with van der Waals surface area (Å²) in [5.41, 5.74) is -1.29. The number of rotatable bonds is 4. The minimum Gasteiger partial charge on any atom is -0.444 e. The highest BCUT2D eigenvalue weighted by atomic mass is 16.6. The Hall–Kier alpha value is -1.79. The summed E-state index contributed by atoms with van der Waals surface area (Å²) in [6, 6.07) is 0. The third-order valence-electron chi connectivity index (χ3n) is 2.29. The number of nitrogens with one attached hydrogen (secondary N) is 2. The Balaban J connectivity index is 4.79. The molecule has 0 spiro atoms. The molecule has 0 aromatic heterocycles. The van der Waals surface area contributed by atoms with Crippen LogP contribution in [0.3, 0.4) is 0 Å². The normalized spacial score (nSPS) is 12.6. The van der Waals surface area contributed by atoms with Gasteiger partial charge in [-0.15, -0.1) is 4.99 Å². The molecular formula is C16H31N3O4. The van der Waals surface area contributed by atoms with E-state index in [1.807, 2.05) is 0 Å². The van der Waals surface area contributed by atoms with Crippen molar-refractivity contribution in [2.75, 3.05) is 6.54 Å². The summed E-state index contributed by atoms with van der Waals surface area (Å²) >= 11 is 0. The Morgan fingerprint density at radius 1 is 0.957 bits per heavy atom. The highest BCUT2D eigenvalue weighted by Gasteiger charge is 2.20. The Kier molecular flexibility index (Phi) is 8.64. The summed E-state index contributed by atoms with van der Waals surface area (Å²) in [5, 5.41) is 5.37. The smallest absolute Gasteiger partial charge is 0.437 e. The van der Waals surface area contributed by atoms with Gasteiger partial charge in [0.15, 0.2) is 0 Å². The number of aliphatic imine (C=N–C) groups is 1. The van der Waals surface area contributed by atoms with Crippen molar-refractivity contribution in [3.05, 3.63) is 0 Å². The molecule has 0 aromatic carbocycles. The van der Waals surface area contributed by atoms with Crippen molar-refractivity contribution in [1.82, 2.24) is 10.6 Å². The van der Waals surface area contributed by atoms with Crippen LogP contribution >= 0.6 is 0 Å². The molecule has 2 amide bonds. The molecule has 0 saturated carbocycles. The molecule has 0 radical (unpaired) electrons. The van der Waals surface area contributed by atoms with Crippen molar-refractivity contribution in [2.45, 2.75) is 78.9 Å². The zero-order chi connectivity index (χ0) is 18.1. The van der Waals surface area contributed by atoms with Crippen LogP contribution in [-0.2, 0) is 9.47 Å². The van der Waals surface area contributed by atoms with Gasteiger partial charge in [0.1, 0.15) is 11.2 Å². The van der Waals surface area contributed by atoms with Crippen LogP contribution in [0.1, 0.15) is 67.7 Å². The van der Waals surface area contributed by atoms with Gasteiger partial charge in [-0.1, -0.05) is 19.8 Å². The van der Waals surface area contributed by atoms with Crippen LogP contribution in [0.2, 0.25) is 0 Å². The van der Waals surface area contributed by atoms with Crippen LogP contribution < -0.4 is 10.6 Å². The van der Waals surface area contributed by atoms with E-state index in [1.165, 1.54) is 0 Å². The van der Waals surface area contributed by atoms with Crippen LogP contribution in [0, 0.1) is 0 Å². The fraction of sp³-hybridized carbons (Fsp3) is 0.812. The van der Waals surface area contributed by atoms with E-state index in [4.69, 9.17) is 9.47 Å². The van der Waals surface area contributed by atoms with Gasteiger partial charge in [-0.3, -0.25) is 5.32 Å². The van der Waals surface area contributed by atoms with Gasteiger partial charge in [0.25, 0.3) is 0 Å². The van der Waals surface area contributed by atoms with Gasteiger partial charge < -0.3 is 14.8 Å². The van der Waals surface area contributed by atoms with Gasteiger partial charge >= 0.3 is 12.2 Å². The number of hydrogen-bond acceptors (Lipinski definition) is 4. The van der Waals surface area contributed by atoms with Crippen LogP contribution in [-0.4, -0.2) is 35.9 Å². The molecule has 0 aliphatic carbocycles. The Labute approximate surface area is 139 Å². The number of guanidine groups is 1. The highest BCUT2D eigenvalue weighted by molar-refractivity contribution is 5.98. The lowest BCUT2D eigenvalue weighted by Crippen LogP contribution is -2.44. The third kappa shape index (κ3) is 13.6. The SMILES string of the molecule is CCCCCNC(=NC(=O)OC(C)(C)C)NC(=O)OC(C)(C)C. The molecule has 0 rings (SSSR count). The van der Waals surface area contributed by atoms with Crippen molar-refractivity contribution in [1.29, 1.82) is 0 Å². The van der Waals surface area contributed by atoms with Gasteiger partial charge in [0.2, 0.25) is 5.96 Å². The highest BCUT2D eigenvalue weighted by Crippen LogP contribution is 2.08. The van der Waals surface area contributed by atoms with E-state index in [0.29, 0.717) is 6.54 Å². The van der Waals surface area contributed by atoms with Gasteiger partial charge in [-0.05, 0) is 48.0 Å². The molecule has 0 bridgehead atoms. The van der Waals surface area contributed by atoms with E-state index >= 15 is 0 Å². The molecule has 0 aromatic rings. The summed E-state index contributed by atoms with van der Waals surface area (Å²) in [4.78, 5) is 27.4. The minimum atomic E-state index is -0.772. The zero-order valence-corrected chi connectivity index (χ0v) is 15.4. The van der Waals surface area contributed by atoms with Crippen molar-refractivity contribution >= 4 is 18.1 Å². The molecule has 0 heterocycles. The maximum Gasteiger partial charge on any atom is 0.437 e. The van der Waals surface area contributed by atoms with E-state index in [2.05, 4.69) is 22.5 Å². The van der Waals surface area contributed by atoms with E-state index in [0.717, 1.165) is 19.3 Å². The van der Waals surface area contributed by atoms with Gasteiger partial charge in [0, 0.05) is 6.54 Å². The maximum atomic E-state index is 11.8. The predicted octanol–water partition coefficient (Wildman–Crippen LogP) is 3.58. The van der Waals surface area contributed by atoms with E-state index in [1.54, 1.807) is 41.5 Å². The van der Waals surface area contributed by atoms with Crippen LogP contribution in [0.5, 0.6) is 0 Å². The molecule has 2 N–H and O–H groups in total. The molecule has 0 aliphatic rings. The molecule has 0 saturated heterocycles. The van der Waals surface area contributed by atoms with Crippen molar-refractivity contribution in [3.8, 4) is 0 Å². The van der Waals surface area contributed by atoms with E-state index in [-0.39, 0.29) is 5.96 Å². The minimum absolute atomic E-state index is 0.0320. The van der Waals surface area contributed by atoms with Crippen LogP contribution in [0.4, 0.5) is 9.59 Å². The van der Waals surface area contributed by atoms with Gasteiger partial charge in [-0.2, -0.15) is 0 Å². The second kappa shape index (κ2) is 9.37. The number of alkyl carbamates (subject to hydrolysis) is 1. The fourth-order valence-electron chi connectivity index (χ4n) is 1.47. The summed E-state index contributed by atoms with van der Waals surface area (Å²) in [6.07, 6.45) is 1.56. The number of nitrogens with zero attached hydrogens (tertiary/aromatic N) is 1. The topological polar surface area (TPSA) is 89.0 Å². The largest absolute Gasteiger partial charge is 0.444 e.